The molecule has 0 atom stereocenters. The summed E-state index contributed by atoms with van der Waals surface area (Å²) in [6.45, 7) is 3.22. The molecule has 0 unspecified atom stereocenters. The van der Waals surface area contributed by atoms with Gasteiger partial charge >= 0.3 is 0 Å². The third kappa shape index (κ3) is 3.37. The number of anilines is 1. The number of fused-ring (bicyclic) bond motifs is 1. The molecule has 0 aromatic heterocycles. The largest absolute Gasteiger partial charge is 0.317 e. The van der Waals surface area contributed by atoms with E-state index in [9.17, 15) is 4.79 Å². The highest BCUT2D eigenvalue weighted by atomic mass is 16.2. The first-order chi connectivity index (χ1) is 11.8. The summed E-state index contributed by atoms with van der Waals surface area (Å²) in [6, 6.07) is 6.87. The monoisotopic (exact) mass is 326 g/mol. The average molecular weight is 326 g/mol. The maximum Gasteiger partial charge on any atom is 0.230 e. The van der Waals surface area contributed by atoms with Gasteiger partial charge in [-0.25, -0.2) is 0 Å². The Kier molecular flexibility index (Phi) is 4.88. The van der Waals surface area contributed by atoms with E-state index in [1.807, 2.05) is 0 Å². The molecule has 3 aliphatic rings. The quantitative estimate of drug-likeness (QED) is 0.918. The molecule has 2 heterocycles. The molecule has 1 saturated carbocycles. The van der Waals surface area contributed by atoms with Gasteiger partial charge in [0.05, 0.1) is 0 Å². The molecule has 3 nitrogen and oxygen atoms in total. The first kappa shape index (κ1) is 16.1. The highest BCUT2D eigenvalue weighted by Gasteiger charge is 2.31. The maximum atomic E-state index is 12.9. The number of piperidine rings is 1. The lowest BCUT2D eigenvalue weighted by molar-refractivity contribution is -0.123. The van der Waals surface area contributed by atoms with Crippen LogP contribution in [0.2, 0.25) is 0 Å². The number of hydrogen-bond acceptors (Lipinski definition) is 2. The molecule has 1 saturated heterocycles. The van der Waals surface area contributed by atoms with Gasteiger partial charge in [-0.1, -0.05) is 31.4 Å². The van der Waals surface area contributed by atoms with Gasteiger partial charge in [-0.2, -0.15) is 0 Å². The molecule has 2 fully saturated rings. The van der Waals surface area contributed by atoms with Crippen molar-refractivity contribution in [2.45, 2.75) is 57.8 Å². The number of hydrogen-bond donors (Lipinski definition) is 1. The molecular weight excluding hydrogens is 296 g/mol. The van der Waals surface area contributed by atoms with Crippen LogP contribution in [0.15, 0.2) is 18.2 Å². The Bertz CT molecular complexity index is 586. The van der Waals surface area contributed by atoms with Crippen LogP contribution in [-0.4, -0.2) is 25.5 Å². The van der Waals surface area contributed by atoms with Crippen LogP contribution < -0.4 is 10.2 Å². The Hall–Kier alpha value is -1.35. The zero-order valence-corrected chi connectivity index (χ0v) is 14.7. The number of carbonyl (C=O) groups excluding carboxylic acids is 1. The third-order valence-corrected chi connectivity index (χ3v) is 6.24. The van der Waals surface area contributed by atoms with Crippen LogP contribution in [0, 0.1) is 11.8 Å². The van der Waals surface area contributed by atoms with Gasteiger partial charge in [0.25, 0.3) is 0 Å². The van der Waals surface area contributed by atoms with E-state index in [-0.39, 0.29) is 5.92 Å². The van der Waals surface area contributed by atoms with Crippen molar-refractivity contribution in [3.63, 3.8) is 0 Å². The maximum absolute atomic E-state index is 12.9. The van der Waals surface area contributed by atoms with E-state index in [0.717, 1.165) is 31.7 Å². The lowest BCUT2D eigenvalue weighted by Gasteiger charge is -2.27. The minimum absolute atomic E-state index is 0.277. The van der Waals surface area contributed by atoms with Crippen LogP contribution in [-0.2, 0) is 17.6 Å². The van der Waals surface area contributed by atoms with Crippen molar-refractivity contribution in [3.8, 4) is 0 Å². The van der Waals surface area contributed by atoms with Crippen LogP contribution in [0.25, 0.3) is 0 Å². The molecule has 1 aliphatic carbocycles. The van der Waals surface area contributed by atoms with Crippen LogP contribution in [0.1, 0.15) is 56.1 Å². The Morgan fingerprint density at radius 2 is 1.88 bits per heavy atom. The number of nitrogens with one attached hydrogen (secondary N) is 1. The highest BCUT2D eigenvalue weighted by molar-refractivity contribution is 5.97. The minimum Gasteiger partial charge on any atom is -0.317 e. The molecule has 1 amide bonds. The minimum atomic E-state index is 0.277. The number of benzene rings is 1. The zero-order valence-electron chi connectivity index (χ0n) is 14.7. The Morgan fingerprint density at radius 1 is 1.08 bits per heavy atom. The summed E-state index contributed by atoms with van der Waals surface area (Å²) < 4.78 is 0. The van der Waals surface area contributed by atoms with Gasteiger partial charge in [0.15, 0.2) is 0 Å². The summed E-state index contributed by atoms with van der Waals surface area (Å²) in [5.74, 6) is 1.49. The predicted molar refractivity (Wildman–Crippen MR) is 98.4 cm³/mol. The summed E-state index contributed by atoms with van der Waals surface area (Å²) in [4.78, 5) is 15.0. The SMILES string of the molecule is O=C(C1CCCCC1)N1CCc2cc(CC3CCNCC3)ccc21. The molecule has 130 valence electrons. The standard InChI is InChI=1S/C21H30N2O/c24-21(18-4-2-1-3-5-18)23-13-10-19-15-17(6-7-20(19)23)14-16-8-11-22-12-9-16/h6-7,15-16,18,22H,1-5,8-14H2. The number of amides is 1. The summed E-state index contributed by atoms with van der Waals surface area (Å²) in [5.41, 5.74) is 4.05. The number of nitrogens with zero attached hydrogens (tertiary/aromatic N) is 1. The lowest BCUT2D eigenvalue weighted by atomic mass is 9.88. The molecule has 3 heteroatoms. The second-order valence-corrected chi connectivity index (χ2v) is 7.94. The predicted octanol–water partition coefficient (Wildman–Crippen LogP) is 3.70. The molecule has 24 heavy (non-hydrogen) atoms. The molecule has 0 spiro atoms. The molecule has 0 radical (unpaired) electrons. The summed E-state index contributed by atoms with van der Waals surface area (Å²) in [5, 5.41) is 3.45. The van der Waals surface area contributed by atoms with Crippen molar-refractivity contribution in [2.24, 2.45) is 11.8 Å². The van der Waals surface area contributed by atoms with Crippen molar-refractivity contribution >= 4 is 11.6 Å². The van der Waals surface area contributed by atoms with Gasteiger partial charge in [0, 0.05) is 18.2 Å². The van der Waals surface area contributed by atoms with Crippen molar-refractivity contribution in [1.82, 2.24) is 5.32 Å². The van der Waals surface area contributed by atoms with Gasteiger partial charge in [-0.05, 0) is 74.7 Å². The first-order valence-electron chi connectivity index (χ1n) is 9.95. The van der Waals surface area contributed by atoms with Crippen LogP contribution in [0.3, 0.4) is 0 Å². The second-order valence-electron chi connectivity index (χ2n) is 7.94. The van der Waals surface area contributed by atoms with E-state index >= 15 is 0 Å². The summed E-state index contributed by atoms with van der Waals surface area (Å²) >= 11 is 0. The number of rotatable bonds is 3. The van der Waals surface area contributed by atoms with E-state index in [2.05, 4.69) is 28.4 Å². The Balaban J connectivity index is 1.44. The fourth-order valence-corrected chi connectivity index (χ4v) is 4.80. The summed E-state index contributed by atoms with van der Waals surface area (Å²) in [6.07, 6.45) is 10.8. The first-order valence-corrected chi connectivity index (χ1v) is 9.95. The van der Waals surface area contributed by atoms with E-state index < -0.39 is 0 Å². The fourth-order valence-electron chi connectivity index (χ4n) is 4.80. The molecule has 1 aromatic rings. The molecule has 1 N–H and O–H groups in total. The second kappa shape index (κ2) is 7.26. The number of carbonyl (C=O) groups is 1. The van der Waals surface area contributed by atoms with Gasteiger partial charge in [0.1, 0.15) is 0 Å². The van der Waals surface area contributed by atoms with Gasteiger partial charge in [0.2, 0.25) is 5.91 Å². The topological polar surface area (TPSA) is 32.3 Å². The average Bonchev–Trinajstić information content (AvgIpc) is 3.06. The molecule has 1 aromatic carbocycles. The van der Waals surface area contributed by atoms with Crippen LogP contribution >= 0.6 is 0 Å². The third-order valence-electron chi connectivity index (χ3n) is 6.24. The van der Waals surface area contributed by atoms with E-state index in [0.29, 0.717) is 5.91 Å². The Labute approximate surface area is 145 Å². The van der Waals surface area contributed by atoms with E-state index in [1.165, 1.54) is 68.4 Å². The van der Waals surface area contributed by atoms with E-state index in [4.69, 9.17) is 0 Å². The lowest BCUT2D eigenvalue weighted by Crippen LogP contribution is -2.35. The van der Waals surface area contributed by atoms with Gasteiger partial charge in [-0.15, -0.1) is 0 Å². The van der Waals surface area contributed by atoms with Crippen molar-refractivity contribution in [3.05, 3.63) is 29.3 Å². The molecule has 4 rings (SSSR count). The van der Waals surface area contributed by atoms with Crippen LogP contribution in [0.5, 0.6) is 0 Å². The van der Waals surface area contributed by atoms with Crippen molar-refractivity contribution < 1.29 is 4.79 Å². The molecular formula is C21H30N2O. The fraction of sp³-hybridized carbons (Fsp3) is 0.667. The van der Waals surface area contributed by atoms with Crippen molar-refractivity contribution in [1.29, 1.82) is 0 Å². The molecule has 0 bridgehead atoms. The smallest absolute Gasteiger partial charge is 0.230 e. The Morgan fingerprint density at radius 3 is 2.67 bits per heavy atom. The zero-order chi connectivity index (χ0) is 16.4. The van der Waals surface area contributed by atoms with E-state index in [1.54, 1.807) is 0 Å². The van der Waals surface area contributed by atoms with Gasteiger partial charge in [-0.3, -0.25) is 4.79 Å². The summed E-state index contributed by atoms with van der Waals surface area (Å²) in [7, 11) is 0. The molecule has 2 aliphatic heterocycles. The van der Waals surface area contributed by atoms with Gasteiger partial charge < -0.3 is 10.2 Å². The normalized spacial score (nSPS) is 22.6. The van der Waals surface area contributed by atoms with Crippen LogP contribution in [0.4, 0.5) is 5.69 Å². The highest BCUT2D eigenvalue weighted by Crippen LogP contribution is 2.34. The van der Waals surface area contributed by atoms with Crippen molar-refractivity contribution in [2.75, 3.05) is 24.5 Å².